The van der Waals surface area contributed by atoms with Crippen LogP contribution in [-0.4, -0.2) is 50.9 Å². The van der Waals surface area contributed by atoms with E-state index in [2.05, 4.69) is 5.32 Å². The van der Waals surface area contributed by atoms with Crippen LogP contribution in [0.15, 0.2) is 47.4 Å². The van der Waals surface area contributed by atoms with Crippen molar-refractivity contribution in [3.63, 3.8) is 0 Å². The topological polar surface area (TPSA) is 102 Å². The molecule has 1 heterocycles. The number of carbonyl (C=O) groups is 2. The number of esters is 1. The normalized spacial score (nSPS) is 14.3. The molecule has 166 valence electrons. The maximum absolute atomic E-state index is 13.1. The molecule has 2 aromatic rings. The van der Waals surface area contributed by atoms with E-state index in [0.717, 1.165) is 12.8 Å². The Morgan fingerprint density at radius 1 is 0.968 bits per heavy atom. The van der Waals surface area contributed by atoms with Gasteiger partial charge >= 0.3 is 5.97 Å². The Hall–Kier alpha value is -2.91. The second kappa shape index (κ2) is 9.93. The lowest BCUT2D eigenvalue weighted by atomic mass is 10.1. The minimum atomic E-state index is -3.76. The minimum Gasteiger partial charge on any atom is -0.492 e. The second-order valence-corrected chi connectivity index (χ2v) is 8.86. The highest BCUT2D eigenvalue weighted by molar-refractivity contribution is 7.89. The Balaban J connectivity index is 1.83. The van der Waals surface area contributed by atoms with Crippen LogP contribution in [-0.2, 0) is 14.8 Å². The largest absolute Gasteiger partial charge is 0.492 e. The van der Waals surface area contributed by atoms with Gasteiger partial charge in [-0.1, -0.05) is 0 Å². The first-order chi connectivity index (χ1) is 14.9. The second-order valence-electron chi connectivity index (χ2n) is 6.96. The van der Waals surface area contributed by atoms with Crippen molar-refractivity contribution in [3.8, 4) is 5.75 Å². The van der Waals surface area contributed by atoms with Crippen molar-refractivity contribution in [3.05, 3.63) is 53.6 Å². The van der Waals surface area contributed by atoms with E-state index >= 15 is 0 Å². The molecular weight excluding hydrogens is 420 g/mol. The molecule has 1 fully saturated rings. The van der Waals surface area contributed by atoms with Crippen molar-refractivity contribution in [2.24, 2.45) is 0 Å². The van der Waals surface area contributed by atoms with Crippen LogP contribution in [0.5, 0.6) is 5.75 Å². The number of ether oxygens (including phenoxy) is 2. The number of hydrogen-bond acceptors (Lipinski definition) is 6. The molecule has 9 heteroatoms. The lowest BCUT2D eigenvalue weighted by Crippen LogP contribution is -2.28. The van der Waals surface area contributed by atoms with E-state index < -0.39 is 21.9 Å². The molecule has 0 saturated carbocycles. The molecule has 3 rings (SSSR count). The Labute approximate surface area is 182 Å². The van der Waals surface area contributed by atoms with E-state index in [1.807, 2.05) is 0 Å². The Morgan fingerprint density at radius 2 is 1.61 bits per heavy atom. The fourth-order valence-electron chi connectivity index (χ4n) is 3.30. The third-order valence-electron chi connectivity index (χ3n) is 4.84. The summed E-state index contributed by atoms with van der Waals surface area (Å²) < 4.78 is 38.0. The van der Waals surface area contributed by atoms with Crippen LogP contribution < -0.4 is 10.1 Å². The zero-order valence-electron chi connectivity index (χ0n) is 17.6. The van der Waals surface area contributed by atoms with Crippen molar-refractivity contribution in [1.82, 2.24) is 4.31 Å². The molecule has 0 atom stereocenters. The number of hydrogen-bond donors (Lipinski definition) is 1. The first-order valence-corrected chi connectivity index (χ1v) is 11.7. The van der Waals surface area contributed by atoms with Gasteiger partial charge in [-0.25, -0.2) is 13.2 Å². The summed E-state index contributed by atoms with van der Waals surface area (Å²) in [5, 5.41) is 2.72. The average Bonchev–Trinajstić information content (AvgIpc) is 3.31. The predicted octanol–water partition coefficient (Wildman–Crippen LogP) is 3.30. The predicted molar refractivity (Wildman–Crippen MR) is 116 cm³/mol. The summed E-state index contributed by atoms with van der Waals surface area (Å²) in [5.74, 6) is -0.682. The highest BCUT2D eigenvalue weighted by atomic mass is 32.2. The van der Waals surface area contributed by atoms with Crippen molar-refractivity contribution >= 4 is 27.6 Å². The van der Waals surface area contributed by atoms with Gasteiger partial charge in [0.1, 0.15) is 10.6 Å². The minimum absolute atomic E-state index is 0.0124. The van der Waals surface area contributed by atoms with Crippen LogP contribution in [0.1, 0.15) is 47.4 Å². The zero-order chi connectivity index (χ0) is 22.4. The third-order valence-corrected chi connectivity index (χ3v) is 6.76. The molecule has 0 radical (unpaired) electrons. The number of carbonyl (C=O) groups excluding carboxylic acids is 2. The van der Waals surface area contributed by atoms with E-state index in [9.17, 15) is 18.0 Å². The van der Waals surface area contributed by atoms with Crippen LogP contribution in [0.2, 0.25) is 0 Å². The highest BCUT2D eigenvalue weighted by Gasteiger charge is 2.30. The summed E-state index contributed by atoms with van der Waals surface area (Å²) >= 11 is 0. The summed E-state index contributed by atoms with van der Waals surface area (Å²) in [6, 6.07) is 10.6. The number of amides is 1. The van der Waals surface area contributed by atoms with Gasteiger partial charge < -0.3 is 14.8 Å². The van der Waals surface area contributed by atoms with E-state index in [1.54, 1.807) is 38.1 Å². The Kier molecular flexibility index (Phi) is 7.29. The van der Waals surface area contributed by atoms with Crippen molar-refractivity contribution in [1.29, 1.82) is 0 Å². The molecule has 0 bridgehead atoms. The highest BCUT2D eigenvalue weighted by Crippen LogP contribution is 2.30. The van der Waals surface area contributed by atoms with Crippen LogP contribution in [0.4, 0.5) is 5.69 Å². The monoisotopic (exact) mass is 446 g/mol. The van der Waals surface area contributed by atoms with Gasteiger partial charge in [-0.3, -0.25) is 4.79 Å². The molecule has 1 aliphatic rings. The Bertz CT molecular complexity index is 1040. The molecule has 1 aliphatic heterocycles. The summed E-state index contributed by atoms with van der Waals surface area (Å²) in [7, 11) is -3.76. The summed E-state index contributed by atoms with van der Waals surface area (Å²) in [6.07, 6.45) is 1.62. The van der Waals surface area contributed by atoms with E-state index in [0.29, 0.717) is 30.9 Å². The zero-order valence-corrected chi connectivity index (χ0v) is 18.4. The third kappa shape index (κ3) is 5.23. The fourth-order valence-corrected chi connectivity index (χ4v) is 4.97. The van der Waals surface area contributed by atoms with E-state index in [-0.39, 0.29) is 22.8 Å². The molecule has 0 spiro atoms. The van der Waals surface area contributed by atoms with Crippen LogP contribution in [0.25, 0.3) is 0 Å². The van der Waals surface area contributed by atoms with Crippen LogP contribution >= 0.6 is 0 Å². The van der Waals surface area contributed by atoms with Crippen molar-refractivity contribution < 1.29 is 27.5 Å². The van der Waals surface area contributed by atoms with E-state index in [1.165, 1.54) is 22.5 Å². The van der Waals surface area contributed by atoms with Crippen molar-refractivity contribution in [2.45, 2.75) is 31.6 Å². The molecule has 8 nitrogen and oxygen atoms in total. The quantitative estimate of drug-likeness (QED) is 0.625. The number of anilines is 1. The van der Waals surface area contributed by atoms with Gasteiger partial charge in [0, 0.05) is 24.3 Å². The molecule has 1 amide bonds. The standard InChI is InChI=1S/C22H26N2O6S/c1-3-29-19-12-9-17(15-20(19)31(27,28)24-13-5-6-14-24)21(25)23-18-10-7-16(8-11-18)22(26)30-4-2/h7-12,15H,3-6,13-14H2,1-2H3,(H,23,25). The van der Waals surface area contributed by atoms with E-state index in [4.69, 9.17) is 9.47 Å². The lowest BCUT2D eigenvalue weighted by Gasteiger charge is -2.19. The van der Waals surface area contributed by atoms with Gasteiger partial charge in [-0.05, 0) is 69.2 Å². The lowest BCUT2D eigenvalue weighted by molar-refractivity contribution is 0.0526. The van der Waals surface area contributed by atoms with Gasteiger partial charge in [0.05, 0.1) is 18.8 Å². The van der Waals surface area contributed by atoms with Gasteiger partial charge in [0.25, 0.3) is 5.91 Å². The van der Waals surface area contributed by atoms with Crippen LogP contribution in [0.3, 0.4) is 0 Å². The molecular formula is C22H26N2O6S. The Morgan fingerprint density at radius 3 is 2.23 bits per heavy atom. The molecule has 0 aromatic heterocycles. The van der Waals surface area contributed by atoms with Crippen LogP contribution in [0, 0.1) is 0 Å². The molecule has 1 saturated heterocycles. The number of sulfonamides is 1. The molecule has 2 aromatic carbocycles. The first kappa shape index (κ1) is 22.8. The van der Waals surface area contributed by atoms with Gasteiger partial charge in [-0.15, -0.1) is 0 Å². The van der Waals surface area contributed by atoms with Gasteiger partial charge in [0.2, 0.25) is 10.0 Å². The number of benzene rings is 2. The molecule has 0 aliphatic carbocycles. The van der Waals surface area contributed by atoms with Gasteiger partial charge in [-0.2, -0.15) is 4.31 Å². The number of rotatable bonds is 8. The molecule has 1 N–H and O–H groups in total. The number of nitrogens with one attached hydrogen (secondary N) is 1. The molecule has 31 heavy (non-hydrogen) atoms. The maximum atomic E-state index is 13.1. The van der Waals surface area contributed by atoms with Crippen molar-refractivity contribution in [2.75, 3.05) is 31.6 Å². The SMILES string of the molecule is CCOC(=O)c1ccc(NC(=O)c2ccc(OCC)c(S(=O)(=O)N3CCCC3)c2)cc1. The summed E-state index contributed by atoms with van der Waals surface area (Å²) in [6.45, 7) is 4.99. The fraction of sp³-hybridized carbons (Fsp3) is 0.364. The summed E-state index contributed by atoms with van der Waals surface area (Å²) in [5.41, 5.74) is 1.03. The average molecular weight is 447 g/mol. The maximum Gasteiger partial charge on any atom is 0.338 e. The van der Waals surface area contributed by atoms with Gasteiger partial charge in [0.15, 0.2) is 0 Å². The first-order valence-electron chi connectivity index (χ1n) is 10.2. The smallest absolute Gasteiger partial charge is 0.338 e. The summed E-state index contributed by atoms with van der Waals surface area (Å²) in [4.78, 5) is 24.5. The molecule has 0 unspecified atom stereocenters. The number of nitrogens with zero attached hydrogens (tertiary/aromatic N) is 1.